The molecule has 0 radical (unpaired) electrons. The smallest absolute Gasteiger partial charge is 0.249 e. The molecule has 0 aliphatic rings. The molecule has 0 saturated carbocycles. The molecule has 0 rings (SSSR count). The summed E-state index contributed by atoms with van der Waals surface area (Å²) >= 11 is 0. The Morgan fingerprint density at radius 2 is 0.704 bits per heavy atom. The number of allylic oxidation sites excluding steroid dienone is 2. The zero-order chi connectivity index (χ0) is 39.4. The van der Waals surface area contributed by atoms with E-state index in [4.69, 9.17) is 0 Å². The number of rotatable bonds is 45. The molecule has 0 saturated heterocycles. The van der Waals surface area contributed by atoms with Crippen molar-refractivity contribution in [1.29, 1.82) is 0 Å². The van der Waals surface area contributed by atoms with Crippen molar-refractivity contribution < 1.29 is 20.1 Å². The van der Waals surface area contributed by atoms with E-state index in [9.17, 15) is 20.1 Å². The standard InChI is InChI=1S/C49H97NO4/c1-3-5-7-9-11-13-15-17-19-20-21-22-23-24-25-26-27-28-29-30-32-34-36-38-40-42-44-48(53)49(54)50-46(45-51)47(52)43-41-39-37-35-33-31-18-16-14-12-10-8-6-4-2/h24-25,46-48,51-53H,3-23,26-45H2,1-2H3,(H,50,54)/b25-24-. The number of hydrogen-bond donors (Lipinski definition) is 4. The molecule has 0 fully saturated rings. The molecule has 1 amide bonds. The summed E-state index contributed by atoms with van der Waals surface area (Å²) in [5.41, 5.74) is 0. The highest BCUT2D eigenvalue weighted by Crippen LogP contribution is 2.17. The van der Waals surface area contributed by atoms with Crippen LogP contribution >= 0.6 is 0 Å². The normalized spacial score (nSPS) is 13.5. The molecule has 0 bridgehead atoms. The number of aliphatic hydroxyl groups is 3. The number of amides is 1. The second-order valence-corrected chi connectivity index (χ2v) is 17.0. The Kier molecular flexibility index (Phi) is 44.0. The van der Waals surface area contributed by atoms with Gasteiger partial charge in [0.05, 0.1) is 18.8 Å². The molecule has 3 atom stereocenters. The molecule has 5 nitrogen and oxygen atoms in total. The summed E-state index contributed by atoms with van der Waals surface area (Å²) in [4.78, 5) is 12.5. The lowest BCUT2D eigenvalue weighted by molar-refractivity contribution is -0.131. The second kappa shape index (κ2) is 44.8. The molecule has 0 heterocycles. The summed E-state index contributed by atoms with van der Waals surface area (Å²) < 4.78 is 0. The summed E-state index contributed by atoms with van der Waals surface area (Å²) in [6, 6.07) is -0.709. The Labute approximate surface area is 338 Å². The van der Waals surface area contributed by atoms with Gasteiger partial charge in [0.1, 0.15) is 6.10 Å². The first-order valence-electron chi connectivity index (χ1n) is 24.5. The van der Waals surface area contributed by atoms with Gasteiger partial charge < -0.3 is 20.6 Å². The largest absolute Gasteiger partial charge is 0.394 e. The molecule has 4 N–H and O–H groups in total. The van der Waals surface area contributed by atoms with Crippen LogP contribution < -0.4 is 5.32 Å². The number of unbranched alkanes of at least 4 members (excludes halogenated alkanes) is 35. The fourth-order valence-corrected chi connectivity index (χ4v) is 7.78. The van der Waals surface area contributed by atoms with Gasteiger partial charge in [0.25, 0.3) is 0 Å². The zero-order valence-corrected chi connectivity index (χ0v) is 36.6. The summed E-state index contributed by atoms with van der Waals surface area (Å²) in [6.07, 6.45) is 53.7. The SMILES string of the molecule is CCCCCCCCCCCCCC/C=C\CCCCCCCCCCCCC(O)C(=O)NC(CO)C(O)CCCCCCCCCCCCCCCC. The molecule has 3 unspecified atom stereocenters. The Balaban J connectivity index is 3.54. The van der Waals surface area contributed by atoms with Crippen LogP contribution in [0, 0.1) is 0 Å². The Bertz CT molecular complexity index is 758. The fourth-order valence-electron chi connectivity index (χ4n) is 7.78. The van der Waals surface area contributed by atoms with Crippen molar-refractivity contribution in [3.05, 3.63) is 12.2 Å². The van der Waals surface area contributed by atoms with E-state index in [1.54, 1.807) is 0 Å². The van der Waals surface area contributed by atoms with E-state index in [-0.39, 0.29) is 6.61 Å². The predicted molar refractivity (Wildman–Crippen MR) is 236 cm³/mol. The molecule has 0 spiro atoms. The van der Waals surface area contributed by atoms with E-state index in [0.29, 0.717) is 12.8 Å². The van der Waals surface area contributed by atoms with Crippen molar-refractivity contribution in [2.24, 2.45) is 0 Å². The first-order valence-corrected chi connectivity index (χ1v) is 24.5. The number of nitrogens with one attached hydrogen (secondary N) is 1. The van der Waals surface area contributed by atoms with Gasteiger partial charge in [-0.15, -0.1) is 0 Å². The number of carbonyl (C=O) groups excluding carboxylic acids is 1. The molecule has 322 valence electrons. The summed E-state index contributed by atoms with van der Waals surface area (Å²) in [6.45, 7) is 4.25. The van der Waals surface area contributed by atoms with Gasteiger partial charge >= 0.3 is 0 Å². The third-order valence-corrected chi connectivity index (χ3v) is 11.6. The maximum Gasteiger partial charge on any atom is 0.249 e. The molecule has 54 heavy (non-hydrogen) atoms. The summed E-state index contributed by atoms with van der Waals surface area (Å²) in [5, 5.41) is 33.4. The van der Waals surface area contributed by atoms with E-state index in [1.807, 2.05) is 0 Å². The minimum atomic E-state index is -1.07. The van der Waals surface area contributed by atoms with Crippen LogP contribution in [0.25, 0.3) is 0 Å². The Hall–Kier alpha value is -0.910. The molecule has 0 aliphatic carbocycles. The van der Waals surface area contributed by atoms with E-state index >= 15 is 0 Å². The lowest BCUT2D eigenvalue weighted by atomic mass is 10.0. The zero-order valence-electron chi connectivity index (χ0n) is 36.6. The number of carbonyl (C=O) groups is 1. The van der Waals surface area contributed by atoms with Gasteiger partial charge in [-0.2, -0.15) is 0 Å². The molecular weight excluding hydrogens is 667 g/mol. The van der Waals surface area contributed by atoms with Crippen LogP contribution in [0.15, 0.2) is 12.2 Å². The van der Waals surface area contributed by atoms with E-state index in [2.05, 4.69) is 31.3 Å². The van der Waals surface area contributed by atoms with Crippen LogP contribution in [-0.4, -0.2) is 46.1 Å². The molecular formula is C49H97NO4. The molecule has 0 aromatic carbocycles. The van der Waals surface area contributed by atoms with Crippen molar-refractivity contribution in [3.8, 4) is 0 Å². The van der Waals surface area contributed by atoms with Gasteiger partial charge in [0.2, 0.25) is 5.91 Å². The van der Waals surface area contributed by atoms with Crippen molar-refractivity contribution in [3.63, 3.8) is 0 Å². The number of aliphatic hydroxyl groups excluding tert-OH is 3. The predicted octanol–water partition coefficient (Wildman–Crippen LogP) is 14.4. The van der Waals surface area contributed by atoms with Crippen LogP contribution in [0.5, 0.6) is 0 Å². The maximum absolute atomic E-state index is 12.5. The van der Waals surface area contributed by atoms with Crippen LogP contribution in [0.3, 0.4) is 0 Å². The van der Waals surface area contributed by atoms with Crippen molar-refractivity contribution >= 4 is 5.91 Å². The van der Waals surface area contributed by atoms with Crippen molar-refractivity contribution in [2.45, 2.75) is 289 Å². The Morgan fingerprint density at radius 3 is 1.02 bits per heavy atom. The molecule has 0 aliphatic heterocycles. The minimum absolute atomic E-state index is 0.311. The monoisotopic (exact) mass is 764 g/mol. The van der Waals surface area contributed by atoms with Gasteiger partial charge in [0.15, 0.2) is 0 Å². The third-order valence-electron chi connectivity index (χ3n) is 11.6. The molecule has 5 heteroatoms. The Morgan fingerprint density at radius 1 is 0.426 bits per heavy atom. The first-order chi connectivity index (χ1) is 26.6. The van der Waals surface area contributed by atoms with Gasteiger partial charge in [-0.3, -0.25) is 4.79 Å². The van der Waals surface area contributed by atoms with Crippen LogP contribution in [0.2, 0.25) is 0 Å². The average Bonchev–Trinajstić information content (AvgIpc) is 3.18. The van der Waals surface area contributed by atoms with E-state index in [0.717, 1.165) is 32.1 Å². The lowest BCUT2D eigenvalue weighted by Crippen LogP contribution is -2.49. The van der Waals surface area contributed by atoms with Gasteiger partial charge in [-0.1, -0.05) is 244 Å². The van der Waals surface area contributed by atoms with E-state index in [1.165, 1.54) is 212 Å². The van der Waals surface area contributed by atoms with Crippen LogP contribution in [0.1, 0.15) is 271 Å². The number of hydrogen-bond acceptors (Lipinski definition) is 4. The van der Waals surface area contributed by atoms with E-state index < -0.39 is 24.2 Å². The first kappa shape index (κ1) is 53.1. The minimum Gasteiger partial charge on any atom is -0.394 e. The van der Waals surface area contributed by atoms with Gasteiger partial charge in [0, 0.05) is 0 Å². The van der Waals surface area contributed by atoms with Gasteiger partial charge in [-0.25, -0.2) is 0 Å². The average molecular weight is 764 g/mol. The summed E-state index contributed by atoms with van der Waals surface area (Å²) in [5.74, 6) is -0.468. The lowest BCUT2D eigenvalue weighted by Gasteiger charge is -2.23. The highest BCUT2D eigenvalue weighted by atomic mass is 16.3. The maximum atomic E-state index is 12.5. The highest BCUT2D eigenvalue weighted by molar-refractivity contribution is 5.80. The molecule has 0 aromatic heterocycles. The van der Waals surface area contributed by atoms with Crippen molar-refractivity contribution in [2.75, 3.05) is 6.61 Å². The van der Waals surface area contributed by atoms with Crippen LogP contribution in [0.4, 0.5) is 0 Å². The topological polar surface area (TPSA) is 89.8 Å². The van der Waals surface area contributed by atoms with Gasteiger partial charge in [-0.05, 0) is 38.5 Å². The fraction of sp³-hybridized carbons (Fsp3) is 0.939. The highest BCUT2D eigenvalue weighted by Gasteiger charge is 2.23. The summed E-state index contributed by atoms with van der Waals surface area (Å²) in [7, 11) is 0. The second-order valence-electron chi connectivity index (χ2n) is 17.0. The third kappa shape index (κ3) is 39.3. The quantitative estimate of drug-likeness (QED) is 0.0367. The molecule has 0 aromatic rings. The van der Waals surface area contributed by atoms with Crippen molar-refractivity contribution in [1.82, 2.24) is 5.32 Å². The van der Waals surface area contributed by atoms with Crippen LogP contribution in [-0.2, 0) is 4.79 Å².